The number of aromatic nitrogens is 1. The number of rotatable bonds is 3. The molecule has 1 aliphatic heterocycles. The van der Waals surface area contributed by atoms with Gasteiger partial charge in [-0.15, -0.1) is 6.42 Å². The van der Waals surface area contributed by atoms with Crippen molar-refractivity contribution in [2.75, 3.05) is 18.0 Å². The van der Waals surface area contributed by atoms with Crippen LogP contribution in [0.1, 0.15) is 48.1 Å². The van der Waals surface area contributed by atoms with Gasteiger partial charge in [-0.1, -0.05) is 5.92 Å². The molecule has 2 aromatic rings. The molecule has 1 saturated carbocycles. The lowest BCUT2D eigenvalue weighted by molar-refractivity contribution is 0.0695. The highest BCUT2D eigenvalue weighted by Gasteiger charge is 2.35. The van der Waals surface area contributed by atoms with Crippen molar-refractivity contribution in [3.8, 4) is 12.3 Å². The molecular weight excluding hydrogens is 349 g/mol. The fourth-order valence-electron chi connectivity index (χ4n) is 3.89. The molecule has 2 fully saturated rings. The first-order valence-electron chi connectivity index (χ1n) is 8.88. The minimum absolute atomic E-state index is 0.00528. The summed E-state index contributed by atoms with van der Waals surface area (Å²) in [4.78, 5) is 26.0. The predicted molar refractivity (Wildman–Crippen MR) is 101 cm³/mol. The molecule has 7 heteroatoms. The molecule has 140 valence electrons. The van der Waals surface area contributed by atoms with Crippen molar-refractivity contribution in [2.24, 2.45) is 5.73 Å². The SMILES string of the molecule is C#Cc1c(N2CCC(C)(N)C2)c(F)cc2c(=O)c(C(=O)O)cn(C3CC3)c12. The molecule has 1 aliphatic carbocycles. The summed E-state index contributed by atoms with van der Waals surface area (Å²) in [6.07, 6.45) is 9.50. The van der Waals surface area contributed by atoms with E-state index in [1.54, 1.807) is 4.57 Å². The summed E-state index contributed by atoms with van der Waals surface area (Å²) in [6, 6.07) is 1.18. The molecule has 2 heterocycles. The third-order valence-electron chi connectivity index (χ3n) is 5.38. The molecule has 3 N–H and O–H groups in total. The van der Waals surface area contributed by atoms with Crippen LogP contribution >= 0.6 is 0 Å². The Morgan fingerprint density at radius 2 is 2.19 bits per heavy atom. The Morgan fingerprint density at radius 1 is 1.48 bits per heavy atom. The summed E-state index contributed by atoms with van der Waals surface area (Å²) >= 11 is 0. The number of nitrogens with zero attached hydrogens (tertiary/aromatic N) is 2. The number of nitrogens with two attached hydrogens (primary N) is 1. The van der Waals surface area contributed by atoms with Gasteiger partial charge in [-0.2, -0.15) is 0 Å². The van der Waals surface area contributed by atoms with Crippen molar-refractivity contribution in [1.29, 1.82) is 0 Å². The average molecular weight is 369 g/mol. The molecule has 27 heavy (non-hydrogen) atoms. The molecule has 0 spiro atoms. The molecule has 1 atom stereocenters. The maximum Gasteiger partial charge on any atom is 0.341 e. The zero-order chi connectivity index (χ0) is 19.5. The van der Waals surface area contributed by atoms with Crippen LogP contribution in [0.15, 0.2) is 17.1 Å². The van der Waals surface area contributed by atoms with Gasteiger partial charge in [0.2, 0.25) is 5.43 Å². The first-order chi connectivity index (χ1) is 12.7. The smallest absolute Gasteiger partial charge is 0.341 e. The molecule has 1 aromatic heterocycles. The number of fused-ring (bicyclic) bond motifs is 1. The summed E-state index contributed by atoms with van der Waals surface area (Å²) in [5, 5.41) is 9.37. The highest BCUT2D eigenvalue weighted by Crippen LogP contribution is 2.40. The molecule has 1 saturated heterocycles. The number of carboxylic acids is 1. The van der Waals surface area contributed by atoms with Crippen LogP contribution in [0.3, 0.4) is 0 Å². The standard InChI is InChI=1S/C20H20FN3O3/c1-3-12-16-13(8-15(21)17(12)23-7-6-20(2,22)10-23)18(25)14(19(26)27)9-24(16)11-4-5-11/h1,8-9,11H,4-7,10,22H2,2H3,(H,26,27). The lowest BCUT2D eigenvalue weighted by Crippen LogP contribution is -2.39. The largest absolute Gasteiger partial charge is 0.477 e. The third-order valence-corrected chi connectivity index (χ3v) is 5.38. The number of aromatic carboxylic acids is 1. The number of hydrogen-bond acceptors (Lipinski definition) is 4. The van der Waals surface area contributed by atoms with E-state index in [0.717, 1.165) is 18.9 Å². The van der Waals surface area contributed by atoms with Gasteiger partial charge in [0.15, 0.2) is 0 Å². The van der Waals surface area contributed by atoms with Gasteiger partial charge in [-0.3, -0.25) is 4.79 Å². The number of carboxylic acid groups (broad SMARTS) is 1. The summed E-state index contributed by atoms with van der Waals surface area (Å²) < 4.78 is 16.8. The van der Waals surface area contributed by atoms with Gasteiger partial charge in [0.1, 0.15) is 11.4 Å². The van der Waals surface area contributed by atoms with Gasteiger partial charge in [-0.25, -0.2) is 9.18 Å². The second-order valence-corrected chi connectivity index (χ2v) is 7.76. The number of hydrogen-bond donors (Lipinski definition) is 2. The predicted octanol–water partition coefficient (Wildman–Crippen LogP) is 2.08. The lowest BCUT2D eigenvalue weighted by atomic mass is 10.0. The molecular formula is C20H20FN3O3. The average Bonchev–Trinajstić information content (AvgIpc) is 3.37. The van der Waals surface area contributed by atoms with E-state index in [-0.39, 0.29) is 28.2 Å². The number of halogens is 1. The highest BCUT2D eigenvalue weighted by atomic mass is 19.1. The van der Waals surface area contributed by atoms with Gasteiger partial charge in [0.05, 0.1) is 22.2 Å². The summed E-state index contributed by atoms with van der Waals surface area (Å²) in [5.74, 6) is 0.592. The number of pyridine rings is 1. The minimum Gasteiger partial charge on any atom is -0.477 e. The quantitative estimate of drug-likeness (QED) is 0.809. The first-order valence-corrected chi connectivity index (χ1v) is 8.88. The third kappa shape index (κ3) is 2.77. The number of terminal acetylenes is 1. The topological polar surface area (TPSA) is 88.6 Å². The Hall–Kier alpha value is -2.85. The first kappa shape index (κ1) is 17.6. The van der Waals surface area contributed by atoms with Crippen molar-refractivity contribution in [3.63, 3.8) is 0 Å². The Labute approximate surface area is 155 Å². The van der Waals surface area contributed by atoms with Crippen LogP contribution in [0.4, 0.5) is 10.1 Å². The van der Waals surface area contributed by atoms with Gasteiger partial charge >= 0.3 is 5.97 Å². The van der Waals surface area contributed by atoms with E-state index in [1.807, 2.05) is 11.8 Å². The van der Waals surface area contributed by atoms with Crippen molar-refractivity contribution >= 4 is 22.6 Å². The van der Waals surface area contributed by atoms with Crippen LogP contribution in [0.25, 0.3) is 10.9 Å². The van der Waals surface area contributed by atoms with E-state index >= 15 is 4.39 Å². The minimum atomic E-state index is -1.33. The van der Waals surface area contributed by atoms with Crippen molar-refractivity contribution < 1.29 is 14.3 Å². The number of carbonyl (C=O) groups is 1. The molecule has 2 aliphatic rings. The van der Waals surface area contributed by atoms with Crippen LogP contribution in [0.5, 0.6) is 0 Å². The second-order valence-electron chi connectivity index (χ2n) is 7.76. The van der Waals surface area contributed by atoms with E-state index in [1.165, 1.54) is 6.20 Å². The Balaban J connectivity index is 2.06. The monoisotopic (exact) mass is 369 g/mol. The highest BCUT2D eigenvalue weighted by molar-refractivity contribution is 5.96. The molecule has 1 aromatic carbocycles. The van der Waals surface area contributed by atoms with Gasteiger partial charge in [0, 0.05) is 30.9 Å². The summed E-state index contributed by atoms with van der Waals surface area (Å²) in [5.41, 5.74) is 5.61. The van der Waals surface area contributed by atoms with Crippen molar-refractivity contribution in [1.82, 2.24) is 4.57 Å². The fourth-order valence-corrected chi connectivity index (χ4v) is 3.89. The molecule has 4 rings (SSSR count). The van der Waals surface area contributed by atoms with E-state index in [2.05, 4.69) is 5.92 Å². The maximum absolute atomic E-state index is 15.1. The van der Waals surface area contributed by atoms with Crippen LogP contribution in [-0.2, 0) is 0 Å². The fraction of sp³-hybridized carbons (Fsp3) is 0.400. The maximum atomic E-state index is 15.1. The summed E-state index contributed by atoms with van der Waals surface area (Å²) in [7, 11) is 0. The number of anilines is 1. The zero-order valence-corrected chi connectivity index (χ0v) is 15.0. The molecule has 0 bridgehead atoms. The van der Waals surface area contributed by atoms with Crippen LogP contribution in [0.2, 0.25) is 0 Å². The number of benzene rings is 1. The Bertz CT molecular complexity index is 1080. The van der Waals surface area contributed by atoms with Gasteiger partial charge < -0.3 is 20.3 Å². The van der Waals surface area contributed by atoms with Gasteiger partial charge in [0.25, 0.3) is 0 Å². The van der Waals surface area contributed by atoms with E-state index in [9.17, 15) is 14.7 Å². The zero-order valence-electron chi connectivity index (χ0n) is 15.0. The molecule has 1 unspecified atom stereocenters. The van der Waals surface area contributed by atoms with Crippen LogP contribution in [0, 0.1) is 18.2 Å². The van der Waals surface area contributed by atoms with E-state index < -0.39 is 22.8 Å². The van der Waals surface area contributed by atoms with Crippen molar-refractivity contribution in [3.05, 3.63) is 39.4 Å². The molecule has 0 amide bonds. The summed E-state index contributed by atoms with van der Waals surface area (Å²) in [6.45, 7) is 2.91. The second kappa shape index (κ2) is 5.83. The van der Waals surface area contributed by atoms with E-state index in [0.29, 0.717) is 25.0 Å². The van der Waals surface area contributed by atoms with Crippen LogP contribution < -0.4 is 16.1 Å². The molecule has 0 radical (unpaired) electrons. The Morgan fingerprint density at radius 3 is 2.70 bits per heavy atom. The van der Waals surface area contributed by atoms with Crippen molar-refractivity contribution in [2.45, 2.75) is 37.8 Å². The van der Waals surface area contributed by atoms with E-state index in [4.69, 9.17) is 12.2 Å². The Kier molecular flexibility index (Phi) is 3.79. The lowest BCUT2D eigenvalue weighted by Gasteiger charge is -2.25. The normalized spacial score (nSPS) is 22.2. The van der Waals surface area contributed by atoms with Gasteiger partial charge in [-0.05, 0) is 32.3 Å². The van der Waals surface area contributed by atoms with Crippen LogP contribution in [-0.4, -0.2) is 34.3 Å². The molecule has 6 nitrogen and oxygen atoms in total.